The largest absolute Gasteiger partial charge is 0.473 e. The number of methoxy groups -OCH3 is 1. The van der Waals surface area contributed by atoms with Crippen molar-refractivity contribution in [2.24, 2.45) is 5.73 Å². The van der Waals surface area contributed by atoms with Gasteiger partial charge < -0.3 is 20.5 Å². The fraction of sp³-hybridized carbons (Fsp3) is 0.348. The molecule has 0 atom stereocenters. The van der Waals surface area contributed by atoms with Gasteiger partial charge in [-0.3, -0.25) is 9.59 Å². The number of nitriles is 1. The lowest BCUT2D eigenvalue weighted by Crippen LogP contribution is -2.40. The van der Waals surface area contributed by atoms with Crippen molar-refractivity contribution in [3.05, 3.63) is 52.2 Å². The first-order valence-corrected chi connectivity index (χ1v) is 11.6. The Hall–Kier alpha value is -3.91. The maximum Gasteiger partial charge on any atom is 0.277 e. The first-order valence-electron chi connectivity index (χ1n) is 10.8. The minimum atomic E-state index is -0.603. The summed E-state index contributed by atoms with van der Waals surface area (Å²) in [6, 6.07) is 9.11. The SMILES string of the molecule is COc1nc(OC2CCC(NC(=O)c3cnn(-c4ccc(C#N)cc4)c3C)CC2)c(C(N)=O)s1. The molecule has 176 valence electrons. The molecule has 1 aliphatic rings. The van der Waals surface area contributed by atoms with Crippen LogP contribution in [0.25, 0.3) is 5.69 Å². The fourth-order valence-electron chi connectivity index (χ4n) is 3.93. The van der Waals surface area contributed by atoms with Crippen molar-refractivity contribution in [3.63, 3.8) is 0 Å². The molecule has 0 radical (unpaired) electrons. The lowest BCUT2D eigenvalue weighted by atomic mass is 9.92. The van der Waals surface area contributed by atoms with Crippen molar-refractivity contribution >= 4 is 23.2 Å². The molecular weight excluding hydrogens is 456 g/mol. The highest BCUT2D eigenvalue weighted by atomic mass is 32.1. The Morgan fingerprint density at radius 1 is 1.24 bits per heavy atom. The van der Waals surface area contributed by atoms with Gasteiger partial charge >= 0.3 is 0 Å². The number of carbonyl (C=O) groups is 2. The van der Waals surface area contributed by atoms with Gasteiger partial charge in [-0.25, -0.2) is 4.68 Å². The third-order valence-electron chi connectivity index (χ3n) is 5.76. The van der Waals surface area contributed by atoms with Gasteiger partial charge in [-0.05, 0) is 56.9 Å². The Kier molecular flexibility index (Phi) is 6.79. The number of rotatable bonds is 7. The van der Waals surface area contributed by atoms with Gasteiger partial charge in [0.1, 0.15) is 6.10 Å². The van der Waals surface area contributed by atoms with Crippen molar-refractivity contribution in [3.8, 4) is 22.8 Å². The Morgan fingerprint density at radius 3 is 2.56 bits per heavy atom. The van der Waals surface area contributed by atoms with E-state index in [9.17, 15) is 9.59 Å². The Bertz CT molecular complexity index is 1240. The van der Waals surface area contributed by atoms with E-state index in [1.807, 2.05) is 6.92 Å². The van der Waals surface area contributed by atoms with Crippen molar-refractivity contribution in [2.75, 3.05) is 7.11 Å². The van der Waals surface area contributed by atoms with Gasteiger partial charge in [0.15, 0.2) is 4.88 Å². The molecule has 1 fully saturated rings. The summed E-state index contributed by atoms with van der Waals surface area (Å²) >= 11 is 1.05. The van der Waals surface area contributed by atoms with E-state index in [-0.39, 0.29) is 28.8 Å². The van der Waals surface area contributed by atoms with Crippen LogP contribution in [0.1, 0.15) is 57.0 Å². The van der Waals surface area contributed by atoms with Crippen molar-refractivity contribution in [2.45, 2.75) is 44.8 Å². The highest BCUT2D eigenvalue weighted by molar-refractivity contribution is 7.15. The van der Waals surface area contributed by atoms with E-state index in [1.54, 1.807) is 35.1 Å². The van der Waals surface area contributed by atoms with Crippen LogP contribution in [-0.2, 0) is 0 Å². The van der Waals surface area contributed by atoms with Gasteiger partial charge in [0.25, 0.3) is 17.0 Å². The Labute approximate surface area is 200 Å². The summed E-state index contributed by atoms with van der Waals surface area (Å²) in [5.41, 5.74) is 7.97. The van der Waals surface area contributed by atoms with Crippen molar-refractivity contribution in [1.29, 1.82) is 5.26 Å². The second kappa shape index (κ2) is 9.93. The maximum atomic E-state index is 12.9. The molecule has 3 N–H and O–H groups in total. The molecule has 2 heterocycles. The van der Waals surface area contributed by atoms with Crippen LogP contribution in [-0.4, -0.2) is 45.8 Å². The van der Waals surface area contributed by atoms with Crippen LogP contribution in [0.4, 0.5) is 0 Å². The number of nitrogens with one attached hydrogen (secondary N) is 1. The number of nitrogens with zero attached hydrogens (tertiary/aromatic N) is 4. The average molecular weight is 481 g/mol. The second-order valence-corrected chi connectivity index (χ2v) is 8.92. The summed E-state index contributed by atoms with van der Waals surface area (Å²) in [5, 5.41) is 16.7. The number of carbonyl (C=O) groups excluding carboxylic acids is 2. The summed E-state index contributed by atoms with van der Waals surface area (Å²) in [6.45, 7) is 1.84. The molecule has 10 nitrogen and oxygen atoms in total. The Morgan fingerprint density at radius 2 is 1.94 bits per heavy atom. The summed E-state index contributed by atoms with van der Waals surface area (Å²) in [4.78, 5) is 28.9. The van der Waals surface area contributed by atoms with Crippen LogP contribution in [0.3, 0.4) is 0 Å². The van der Waals surface area contributed by atoms with Gasteiger partial charge in [-0.2, -0.15) is 15.3 Å². The van der Waals surface area contributed by atoms with E-state index in [0.29, 0.717) is 29.2 Å². The van der Waals surface area contributed by atoms with Crippen LogP contribution >= 0.6 is 11.3 Å². The average Bonchev–Trinajstić information content (AvgIpc) is 3.44. The van der Waals surface area contributed by atoms with E-state index >= 15 is 0 Å². The molecule has 3 aromatic rings. The minimum absolute atomic E-state index is 0.00518. The number of nitrogens with two attached hydrogens (primary N) is 1. The van der Waals surface area contributed by atoms with Gasteiger partial charge in [-0.15, -0.1) is 0 Å². The Balaban J connectivity index is 1.34. The molecule has 34 heavy (non-hydrogen) atoms. The standard InChI is InChI=1S/C23H24N6O4S/c1-13-18(12-26-29(13)16-7-3-14(11-24)4-8-16)21(31)27-15-5-9-17(10-6-15)33-22-19(20(25)30)34-23(28-22)32-2/h3-4,7-8,12,15,17H,5-6,9-10H2,1-2H3,(H2,25,30)(H,27,31). The van der Waals surface area contributed by atoms with Crippen molar-refractivity contribution < 1.29 is 19.1 Å². The van der Waals surface area contributed by atoms with E-state index < -0.39 is 5.91 Å². The molecule has 0 saturated heterocycles. The highest BCUT2D eigenvalue weighted by Crippen LogP contribution is 2.33. The van der Waals surface area contributed by atoms with Crippen LogP contribution in [0, 0.1) is 18.3 Å². The summed E-state index contributed by atoms with van der Waals surface area (Å²) < 4.78 is 12.7. The number of ether oxygens (including phenoxy) is 2. The fourth-order valence-corrected chi connectivity index (χ4v) is 4.59. The molecule has 1 saturated carbocycles. The zero-order valence-electron chi connectivity index (χ0n) is 18.8. The molecule has 0 unspecified atom stereocenters. The zero-order valence-corrected chi connectivity index (χ0v) is 19.6. The lowest BCUT2D eigenvalue weighted by molar-refractivity contribution is 0.0881. The van der Waals surface area contributed by atoms with Gasteiger partial charge in [0.2, 0.25) is 5.88 Å². The number of hydrogen-bond acceptors (Lipinski definition) is 8. The first-order chi connectivity index (χ1) is 16.4. The number of primary amides is 1. The molecule has 0 bridgehead atoms. The monoisotopic (exact) mass is 480 g/mol. The van der Waals surface area contributed by atoms with Crippen LogP contribution in [0.5, 0.6) is 11.1 Å². The number of benzene rings is 1. The molecule has 0 aliphatic heterocycles. The van der Waals surface area contributed by atoms with Crippen LogP contribution in [0.15, 0.2) is 30.5 Å². The molecule has 2 aromatic heterocycles. The number of amides is 2. The van der Waals surface area contributed by atoms with Gasteiger partial charge in [0.05, 0.1) is 41.9 Å². The molecule has 1 aromatic carbocycles. The third kappa shape index (κ3) is 4.87. The number of thiazole rings is 1. The topological polar surface area (TPSA) is 145 Å². The van der Waals surface area contributed by atoms with Crippen LogP contribution in [0.2, 0.25) is 0 Å². The van der Waals surface area contributed by atoms with E-state index in [0.717, 1.165) is 35.6 Å². The predicted octanol–water partition coefficient (Wildman–Crippen LogP) is 2.74. The third-order valence-corrected chi connectivity index (χ3v) is 6.77. The van der Waals surface area contributed by atoms with E-state index in [2.05, 4.69) is 21.5 Å². The molecule has 11 heteroatoms. The second-order valence-electron chi connectivity index (χ2n) is 7.96. The van der Waals surface area contributed by atoms with Gasteiger partial charge in [0, 0.05) is 6.04 Å². The van der Waals surface area contributed by atoms with E-state index in [4.69, 9.17) is 20.5 Å². The van der Waals surface area contributed by atoms with Crippen LogP contribution < -0.4 is 20.5 Å². The highest BCUT2D eigenvalue weighted by Gasteiger charge is 2.28. The van der Waals surface area contributed by atoms with E-state index in [1.165, 1.54) is 7.11 Å². The molecule has 4 rings (SSSR count). The first kappa shape index (κ1) is 23.3. The predicted molar refractivity (Wildman–Crippen MR) is 124 cm³/mol. The summed E-state index contributed by atoms with van der Waals surface area (Å²) in [6.07, 6.45) is 4.29. The molecule has 0 spiro atoms. The van der Waals surface area contributed by atoms with Crippen molar-refractivity contribution in [1.82, 2.24) is 20.1 Å². The number of hydrogen-bond donors (Lipinski definition) is 2. The quantitative estimate of drug-likeness (QED) is 0.529. The summed E-state index contributed by atoms with van der Waals surface area (Å²) in [5.74, 6) is -0.580. The lowest BCUT2D eigenvalue weighted by Gasteiger charge is -2.29. The maximum absolute atomic E-state index is 12.9. The minimum Gasteiger partial charge on any atom is -0.473 e. The number of aromatic nitrogens is 3. The van der Waals surface area contributed by atoms with Gasteiger partial charge in [-0.1, -0.05) is 11.3 Å². The summed E-state index contributed by atoms with van der Waals surface area (Å²) in [7, 11) is 1.47. The zero-order chi connectivity index (χ0) is 24.2. The molecular formula is C23H24N6O4S. The molecule has 2 amide bonds. The molecule has 1 aliphatic carbocycles. The normalized spacial score (nSPS) is 17.6. The smallest absolute Gasteiger partial charge is 0.277 e.